The lowest BCUT2D eigenvalue weighted by atomic mass is 10.0. The van der Waals surface area contributed by atoms with Crippen LogP contribution in [0.2, 0.25) is 0 Å². The maximum Gasteiger partial charge on any atom is 0.361 e. The van der Waals surface area contributed by atoms with E-state index in [-0.39, 0.29) is 0 Å². The van der Waals surface area contributed by atoms with E-state index in [1.54, 1.807) is 0 Å². The number of fused-ring (bicyclic) bond motifs is 1. The molecule has 0 saturated heterocycles. The van der Waals surface area contributed by atoms with Crippen LogP contribution < -0.4 is 4.74 Å². The van der Waals surface area contributed by atoms with Crippen LogP contribution in [-0.2, 0) is 9.73 Å². The maximum absolute atomic E-state index is 13.9. The summed E-state index contributed by atoms with van der Waals surface area (Å²) in [6.45, 7) is 0. The largest absolute Gasteiger partial charge is 0.457 e. The fourth-order valence-electron chi connectivity index (χ4n) is 2.63. The van der Waals surface area contributed by atoms with Crippen molar-refractivity contribution in [2.45, 2.75) is 22.7 Å². The van der Waals surface area contributed by atoms with E-state index in [1.807, 2.05) is 0 Å². The summed E-state index contributed by atoms with van der Waals surface area (Å²) in [7, 11) is -4.88. The summed E-state index contributed by atoms with van der Waals surface area (Å²) in [6.07, 6.45) is -6.38. The highest BCUT2D eigenvalue weighted by atomic mass is 32.2. The average molecular weight is 397 g/mol. The normalized spacial score (nSPS) is 23.9. The first-order valence-electron chi connectivity index (χ1n) is 6.90. The molecule has 2 N–H and O–H groups in total. The smallest absolute Gasteiger partial charge is 0.361 e. The molecule has 2 atom stereocenters. The molecule has 0 fully saturated rings. The van der Waals surface area contributed by atoms with Gasteiger partial charge in [0.05, 0.1) is 10.5 Å². The molecule has 0 bridgehead atoms. The predicted octanol–water partition coefficient (Wildman–Crippen LogP) is 4.74. The zero-order chi connectivity index (χ0) is 19.4. The predicted molar refractivity (Wildman–Crippen MR) is 76.9 cm³/mol. The van der Waals surface area contributed by atoms with E-state index in [0.717, 1.165) is 6.07 Å². The summed E-state index contributed by atoms with van der Waals surface area (Å²) >= 11 is 0. The van der Waals surface area contributed by atoms with Crippen molar-refractivity contribution in [2.75, 3.05) is 0 Å². The molecular formula is C15H9F6NO3S. The van der Waals surface area contributed by atoms with Crippen LogP contribution in [0, 0.1) is 16.4 Å². The van der Waals surface area contributed by atoms with Crippen LogP contribution in [0.3, 0.4) is 0 Å². The van der Waals surface area contributed by atoms with Gasteiger partial charge in [-0.2, -0.15) is 8.78 Å². The summed E-state index contributed by atoms with van der Waals surface area (Å²) in [5.41, 5.74) is -2.31. The molecule has 140 valence electrons. The highest BCUT2D eigenvalue weighted by Gasteiger charge is 2.59. The highest BCUT2D eigenvalue weighted by molar-refractivity contribution is 7.93. The Morgan fingerprint density at radius 3 is 2.27 bits per heavy atom. The molecule has 0 saturated carbocycles. The zero-order valence-electron chi connectivity index (χ0n) is 12.5. The van der Waals surface area contributed by atoms with Gasteiger partial charge in [-0.05, 0) is 12.1 Å². The third-order valence-electron chi connectivity index (χ3n) is 3.77. The van der Waals surface area contributed by atoms with E-state index in [4.69, 9.17) is 9.52 Å². The van der Waals surface area contributed by atoms with Crippen LogP contribution in [0.25, 0.3) is 0 Å². The zero-order valence-corrected chi connectivity index (χ0v) is 13.3. The first-order chi connectivity index (χ1) is 12.0. The number of hydrogen-bond donors (Lipinski definition) is 2. The van der Waals surface area contributed by atoms with Gasteiger partial charge < -0.3 is 9.84 Å². The lowest BCUT2D eigenvalue weighted by molar-refractivity contribution is -0.0374. The maximum atomic E-state index is 13.9. The number of ether oxygens (including phenoxy) is 1. The first kappa shape index (κ1) is 18.5. The number of aliphatic hydroxyl groups excluding tert-OH is 1. The van der Waals surface area contributed by atoms with Gasteiger partial charge in [0, 0.05) is 23.8 Å². The molecular weight excluding hydrogens is 388 g/mol. The van der Waals surface area contributed by atoms with Gasteiger partial charge >= 0.3 is 5.25 Å². The van der Waals surface area contributed by atoms with Gasteiger partial charge in [-0.15, -0.1) is 0 Å². The molecule has 0 aromatic heterocycles. The Kier molecular flexibility index (Phi) is 4.19. The van der Waals surface area contributed by atoms with Crippen LogP contribution >= 0.6 is 0 Å². The lowest BCUT2D eigenvalue weighted by Gasteiger charge is -2.17. The Morgan fingerprint density at radius 1 is 1.15 bits per heavy atom. The summed E-state index contributed by atoms with van der Waals surface area (Å²) in [6, 6.07) is 3.26. The van der Waals surface area contributed by atoms with E-state index in [9.17, 15) is 35.7 Å². The second-order valence-corrected chi connectivity index (χ2v) is 7.51. The summed E-state index contributed by atoms with van der Waals surface area (Å²) in [4.78, 5) is -0.942. The summed E-state index contributed by atoms with van der Waals surface area (Å²) in [5, 5.41) is 5.21. The van der Waals surface area contributed by atoms with Crippen molar-refractivity contribution < 1.29 is 40.4 Å². The molecule has 0 aliphatic carbocycles. The Bertz CT molecular complexity index is 973. The lowest BCUT2D eigenvalue weighted by Crippen LogP contribution is -2.28. The summed E-state index contributed by atoms with van der Waals surface area (Å²) < 4.78 is 105. The molecule has 2 aromatic rings. The van der Waals surface area contributed by atoms with Crippen LogP contribution in [-0.4, -0.2) is 14.6 Å². The molecule has 4 nitrogen and oxygen atoms in total. The van der Waals surface area contributed by atoms with Crippen molar-refractivity contribution in [3.8, 4) is 11.5 Å². The molecule has 2 unspecified atom stereocenters. The fourth-order valence-corrected chi connectivity index (χ4v) is 4.15. The third kappa shape index (κ3) is 2.62. The monoisotopic (exact) mass is 397 g/mol. The van der Waals surface area contributed by atoms with Crippen LogP contribution in [0.5, 0.6) is 11.5 Å². The Balaban J connectivity index is 2.20. The number of nitrogens with one attached hydrogen (secondary N) is 1. The number of hydrogen-bond acceptors (Lipinski definition) is 4. The highest BCUT2D eigenvalue weighted by Crippen LogP contribution is 2.54. The van der Waals surface area contributed by atoms with Crippen molar-refractivity contribution in [2.24, 2.45) is 0 Å². The van der Waals surface area contributed by atoms with Gasteiger partial charge in [0.2, 0.25) is 0 Å². The minimum atomic E-state index is -4.88. The Hall–Kier alpha value is -2.27. The Morgan fingerprint density at radius 2 is 1.73 bits per heavy atom. The van der Waals surface area contributed by atoms with Crippen LogP contribution in [0.15, 0.2) is 35.2 Å². The molecule has 1 heterocycles. The first-order valence-corrected chi connectivity index (χ1v) is 8.45. The summed E-state index contributed by atoms with van der Waals surface area (Å²) in [5.74, 6) is -3.44. The molecule has 11 heteroatoms. The van der Waals surface area contributed by atoms with Gasteiger partial charge in [0.15, 0.2) is 6.10 Å². The van der Waals surface area contributed by atoms with E-state index >= 15 is 0 Å². The molecule has 1 aliphatic heterocycles. The fraction of sp³-hybridized carbons (Fsp3) is 0.200. The van der Waals surface area contributed by atoms with Gasteiger partial charge in [-0.1, -0.05) is 0 Å². The van der Waals surface area contributed by atoms with E-state index in [1.165, 1.54) is 0 Å². The average Bonchev–Trinajstić information content (AvgIpc) is 2.64. The number of halogens is 6. The standard InChI is InChI=1S/C15H9F6NO3S/c16-6-3-7(17)5-8(4-6)25-9-1-2-10-12(11(9)14(18)19)13(23)15(20,21)26(10,22)24/h1-5,13-14,22-23H. The van der Waals surface area contributed by atoms with Crippen molar-refractivity contribution in [1.29, 1.82) is 4.78 Å². The van der Waals surface area contributed by atoms with Gasteiger partial charge in [0.25, 0.3) is 6.43 Å². The molecule has 1 aliphatic rings. The Labute approximate surface area is 143 Å². The number of benzene rings is 2. The van der Waals surface area contributed by atoms with Crippen molar-refractivity contribution in [1.82, 2.24) is 0 Å². The van der Waals surface area contributed by atoms with Crippen molar-refractivity contribution in [3.05, 3.63) is 53.1 Å². The SMILES string of the molecule is N=S1(=O)c2ccc(Oc3cc(F)cc(F)c3)c(C(F)F)c2C(O)C1(F)F. The van der Waals surface area contributed by atoms with Crippen molar-refractivity contribution in [3.63, 3.8) is 0 Å². The van der Waals surface area contributed by atoms with Gasteiger partial charge in [-0.3, -0.25) is 0 Å². The van der Waals surface area contributed by atoms with Gasteiger partial charge in [0.1, 0.15) is 32.9 Å². The van der Waals surface area contributed by atoms with Crippen LogP contribution in [0.4, 0.5) is 26.3 Å². The van der Waals surface area contributed by atoms with Crippen molar-refractivity contribution >= 4 is 9.73 Å². The minimum Gasteiger partial charge on any atom is -0.457 e. The van der Waals surface area contributed by atoms with E-state index < -0.39 is 66.7 Å². The third-order valence-corrected chi connectivity index (χ3v) is 5.74. The molecule has 0 radical (unpaired) electrons. The topological polar surface area (TPSA) is 70.4 Å². The number of aliphatic hydroxyl groups is 1. The molecule has 26 heavy (non-hydrogen) atoms. The second-order valence-electron chi connectivity index (χ2n) is 5.42. The van der Waals surface area contributed by atoms with Gasteiger partial charge in [-0.25, -0.2) is 26.6 Å². The van der Waals surface area contributed by atoms with Crippen LogP contribution in [0.1, 0.15) is 23.7 Å². The molecule has 3 rings (SSSR count). The molecule has 0 spiro atoms. The quantitative estimate of drug-likeness (QED) is 0.735. The molecule has 0 amide bonds. The number of rotatable bonds is 3. The van der Waals surface area contributed by atoms with E-state index in [2.05, 4.69) is 0 Å². The number of alkyl halides is 4. The second kappa shape index (κ2) is 5.88. The minimum absolute atomic E-state index is 0.503. The van der Waals surface area contributed by atoms with E-state index in [0.29, 0.717) is 24.3 Å². The molecule has 2 aromatic carbocycles.